The second kappa shape index (κ2) is 2.05. The topological polar surface area (TPSA) is 9.23 Å². The van der Waals surface area contributed by atoms with Crippen LogP contribution in [0.1, 0.15) is 32.1 Å². The summed E-state index contributed by atoms with van der Waals surface area (Å²) < 4.78 is 5.58. The lowest BCUT2D eigenvalue weighted by Gasteiger charge is -2.29. The fourth-order valence-electron chi connectivity index (χ4n) is 1.62. The van der Waals surface area contributed by atoms with E-state index in [2.05, 4.69) is 6.08 Å². The van der Waals surface area contributed by atoms with Gasteiger partial charge in [0, 0.05) is 6.42 Å². The highest BCUT2D eigenvalue weighted by Crippen LogP contribution is 2.29. The molecule has 1 atom stereocenters. The highest BCUT2D eigenvalue weighted by Gasteiger charge is 2.20. The normalized spacial score (nSPS) is 32.9. The third kappa shape index (κ3) is 0.958. The van der Waals surface area contributed by atoms with Gasteiger partial charge in [-0.05, 0) is 31.8 Å². The molecule has 1 nitrogen and oxygen atoms in total. The molecule has 2 rings (SSSR count). The van der Waals surface area contributed by atoms with E-state index in [1.54, 1.807) is 0 Å². The molecule has 0 spiro atoms. The third-order valence-corrected chi connectivity index (χ3v) is 2.13. The minimum atomic E-state index is 0.582. The summed E-state index contributed by atoms with van der Waals surface area (Å²) in [5.41, 5.74) is 0. The number of fused-ring (bicyclic) bond motifs is 2. The zero-order valence-electron chi connectivity index (χ0n) is 5.60. The molecule has 1 fully saturated rings. The molecule has 2 heterocycles. The Morgan fingerprint density at radius 3 is 3.22 bits per heavy atom. The third-order valence-electron chi connectivity index (χ3n) is 2.13. The minimum Gasteiger partial charge on any atom is -0.495 e. The zero-order valence-corrected chi connectivity index (χ0v) is 5.60. The molecule has 0 N–H and O–H groups in total. The molecule has 50 valence electrons. The van der Waals surface area contributed by atoms with Crippen LogP contribution in [0.5, 0.6) is 0 Å². The molecule has 0 aromatic heterocycles. The summed E-state index contributed by atoms with van der Waals surface area (Å²) in [4.78, 5) is 0. The van der Waals surface area contributed by atoms with Gasteiger partial charge in [-0.15, -0.1) is 0 Å². The van der Waals surface area contributed by atoms with Crippen LogP contribution >= 0.6 is 0 Å². The van der Waals surface area contributed by atoms with E-state index in [1.807, 2.05) is 0 Å². The van der Waals surface area contributed by atoms with Gasteiger partial charge in [0.25, 0.3) is 0 Å². The van der Waals surface area contributed by atoms with Gasteiger partial charge in [0.1, 0.15) is 0 Å². The van der Waals surface area contributed by atoms with E-state index in [0.717, 1.165) is 0 Å². The molecule has 9 heavy (non-hydrogen) atoms. The van der Waals surface area contributed by atoms with E-state index in [9.17, 15) is 0 Å². The van der Waals surface area contributed by atoms with Gasteiger partial charge in [-0.25, -0.2) is 0 Å². The monoisotopic (exact) mass is 124 g/mol. The summed E-state index contributed by atoms with van der Waals surface area (Å²) in [6.07, 6.45) is 9.16. The van der Waals surface area contributed by atoms with Crippen molar-refractivity contribution in [1.82, 2.24) is 0 Å². The van der Waals surface area contributed by atoms with Gasteiger partial charge in [-0.3, -0.25) is 0 Å². The van der Waals surface area contributed by atoms with E-state index in [4.69, 9.17) is 4.74 Å². The maximum absolute atomic E-state index is 5.58. The van der Waals surface area contributed by atoms with Crippen molar-refractivity contribution in [2.24, 2.45) is 0 Å². The van der Waals surface area contributed by atoms with E-state index in [1.165, 1.54) is 37.9 Å². The van der Waals surface area contributed by atoms with Crippen LogP contribution in [0.4, 0.5) is 0 Å². The average molecular weight is 124 g/mol. The maximum atomic E-state index is 5.58. The fourth-order valence-corrected chi connectivity index (χ4v) is 1.62. The van der Waals surface area contributed by atoms with Gasteiger partial charge < -0.3 is 4.74 Å². The van der Waals surface area contributed by atoms with Crippen molar-refractivity contribution in [2.75, 3.05) is 0 Å². The number of hydrogen-bond donors (Lipinski definition) is 0. The van der Waals surface area contributed by atoms with Crippen molar-refractivity contribution in [3.05, 3.63) is 11.8 Å². The molecule has 0 saturated carbocycles. The van der Waals surface area contributed by atoms with Crippen LogP contribution in [0.25, 0.3) is 0 Å². The van der Waals surface area contributed by atoms with E-state index >= 15 is 0 Å². The van der Waals surface area contributed by atoms with Crippen LogP contribution in [0, 0.1) is 0 Å². The molecule has 2 aliphatic heterocycles. The Kier molecular flexibility index (Phi) is 1.22. The Labute approximate surface area is 55.7 Å². The van der Waals surface area contributed by atoms with Crippen molar-refractivity contribution in [2.45, 2.75) is 38.2 Å². The summed E-state index contributed by atoms with van der Waals surface area (Å²) in [5, 5.41) is 0. The first-order chi connectivity index (χ1) is 4.45. The van der Waals surface area contributed by atoms with Crippen molar-refractivity contribution < 1.29 is 4.74 Å². The predicted octanol–water partition coefficient (Wildman–Crippen LogP) is 2.23. The molecule has 0 aliphatic carbocycles. The van der Waals surface area contributed by atoms with E-state index in [0.29, 0.717) is 6.10 Å². The van der Waals surface area contributed by atoms with Crippen molar-refractivity contribution in [3.63, 3.8) is 0 Å². The summed E-state index contributed by atoms with van der Waals surface area (Å²) in [5.74, 6) is 1.26. The zero-order chi connectivity index (χ0) is 6.10. The quantitative estimate of drug-likeness (QED) is 0.481. The SMILES string of the molecule is C1=C2CCCC(CC1)O2. The lowest BCUT2D eigenvalue weighted by molar-refractivity contribution is 0.0552. The summed E-state index contributed by atoms with van der Waals surface area (Å²) in [6, 6.07) is 0. The van der Waals surface area contributed by atoms with E-state index in [-0.39, 0.29) is 0 Å². The van der Waals surface area contributed by atoms with Crippen LogP contribution in [-0.4, -0.2) is 6.10 Å². The van der Waals surface area contributed by atoms with Crippen molar-refractivity contribution >= 4 is 0 Å². The molecule has 0 radical (unpaired) electrons. The highest BCUT2D eigenvalue weighted by atomic mass is 16.5. The first kappa shape index (κ1) is 5.33. The number of hydrogen-bond acceptors (Lipinski definition) is 1. The first-order valence-corrected chi connectivity index (χ1v) is 3.81. The van der Waals surface area contributed by atoms with Gasteiger partial charge in [-0.2, -0.15) is 0 Å². The number of allylic oxidation sites excluding steroid dienone is 2. The first-order valence-electron chi connectivity index (χ1n) is 3.81. The van der Waals surface area contributed by atoms with Crippen molar-refractivity contribution in [3.8, 4) is 0 Å². The molecule has 0 amide bonds. The molecule has 1 unspecified atom stereocenters. The number of rotatable bonds is 0. The number of ether oxygens (including phenoxy) is 1. The van der Waals surface area contributed by atoms with Gasteiger partial charge in [0.05, 0.1) is 11.9 Å². The van der Waals surface area contributed by atoms with Gasteiger partial charge in [0.2, 0.25) is 0 Å². The molecule has 2 aliphatic rings. The minimum absolute atomic E-state index is 0.582. The standard InChI is InChI=1S/C8H12O/c1-3-7-5-2-6-8(4-1)9-7/h3,8H,1-2,4-6H2. The average Bonchev–Trinajstić information content (AvgIpc) is 1.88. The Morgan fingerprint density at radius 2 is 2.44 bits per heavy atom. The maximum Gasteiger partial charge on any atom is 0.0985 e. The molecule has 1 heteroatoms. The smallest absolute Gasteiger partial charge is 0.0985 e. The molecule has 1 saturated heterocycles. The van der Waals surface area contributed by atoms with Crippen LogP contribution in [-0.2, 0) is 4.74 Å². The Bertz CT molecular complexity index is 138. The highest BCUT2D eigenvalue weighted by molar-refractivity contribution is 5.00. The second-order valence-electron chi connectivity index (χ2n) is 2.88. The van der Waals surface area contributed by atoms with Crippen molar-refractivity contribution in [1.29, 1.82) is 0 Å². The lowest BCUT2D eigenvalue weighted by Crippen LogP contribution is -2.20. The summed E-state index contributed by atoms with van der Waals surface area (Å²) >= 11 is 0. The Balaban J connectivity index is 2.13. The molecular formula is C8H12O. The van der Waals surface area contributed by atoms with Crippen LogP contribution in [0.2, 0.25) is 0 Å². The molecule has 0 aromatic carbocycles. The summed E-state index contributed by atoms with van der Waals surface area (Å²) in [7, 11) is 0. The fraction of sp³-hybridized carbons (Fsp3) is 0.750. The van der Waals surface area contributed by atoms with Crippen LogP contribution in [0.15, 0.2) is 11.8 Å². The Morgan fingerprint density at radius 1 is 1.44 bits per heavy atom. The molecule has 0 aromatic rings. The van der Waals surface area contributed by atoms with E-state index < -0.39 is 0 Å². The van der Waals surface area contributed by atoms with Gasteiger partial charge >= 0.3 is 0 Å². The largest absolute Gasteiger partial charge is 0.495 e. The summed E-state index contributed by atoms with van der Waals surface area (Å²) in [6.45, 7) is 0. The second-order valence-corrected chi connectivity index (χ2v) is 2.88. The lowest BCUT2D eigenvalue weighted by atomic mass is 9.98. The predicted molar refractivity (Wildman–Crippen MR) is 36.0 cm³/mol. The van der Waals surface area contributed by atoms with Crippen LogP contribution < -0.4 is 0 Å². The Hall–Kier alpha value is -0.460. The molecular weight excluding hydrogens is 112 g/mol. The molecule has 2 bridgehead atoms. The van der Waals surface area contributed by atoms with Gasteiger partial charge in [-0.1, -0.05) is 0 Å². The van der Waals surface area contributed by atoms with Crippen LogP contribution in [0.3, 0.4) is 0 Å². The van der Waals surface area contributed by atoms with Gasteiger partial charge in [0.15, 0.2) is 0 Å².